The summed E-state index contributed by atoms with van der Waals surface area (Å²) in [5.41, 5.74) is 2.33. The molecule has 0 aliphatic rings. The van der Waals surface area contributed by atoms with Gasteiger partial charge in [0.15, 0.2) is 0 Å². The number of benzene rings is 1. The highest BCUT2D eigenvalue weighted by Crippen LogP contribution is 2.18. The summed E-state index contributed by atoms with van der Waals surface area (Å²) in [6.45, 7) is 0. The number of nitriles is 1. The quantitative estimate of drug-likeness (QED) is 0.632. The Hall–Kier alpha value is -2.67. The van der Waals surface area contributed by atoms with Gasteiger partial charge in [0.1, 0.15) is 0 Å². The number of nitrogens with zero attached hydrogens (tertiary/aromatic N) is 4. The number of fused-ring (bicyclic) bond motifs is 1. The maximum absolute atomic E-state index is 9.02. The first-order valence-corrected chi connectivity index (χ1v) is 5.17. The predicted octanol–water partition coefficient (Wildman–Crippen LogP) is 2.29. The van der Waals surface area contributed by atoms with E-state index < -0.39 is 0 Å². The van der Waals surface area contributed by atoms with Crippen molar-refractivity contribution in [3.8, 4) is 11.8 Å². The van der Waals surface area contributed by atoms with E-state index >= 15 is 0 Å². The van der Waals surface area contributed by atoms with Gasteiger partial charge in [0.25, 0.3) is 0 Å². The molecule has 0 radical (unpaired) electrons. The fourth-order valence-electron chi connectivity index (χ4n) is 1.76. The van der Waals surface area contributed by atoms with Crippen molar-refractivity contribution in [1.29, 1.82) is 5.26 Å². The Morgan fingerprint density at radius 1 is 1.18 bits per heavy atom. The van der Waals surface area contributed by atoms with E-state index in [2.05, 4.69) is 16.2 Å². The molecule has 80 valence electrons. The van der Waals surface area contributed by atoms with E-state index in [0.29, 0.717) is 5.56 Å². The van der Waals surface area contributed by atoms with Crippen LogP contribution >= 0.6 is 0 Å². The molecule has 4 heteroatoms. The molecule has 3 rings (SSSR count). The summed E-state index contributed by atoms with van der Waals surface area (Å²) in [4.78, 5) is 4.05. The SMILES string of the molecule is N#Cc1cccc2nn(-c3cccnc3)cc12. The molecule has 0 unspecified atom stereocenters. The lowest BCUT2D eigenvalue weighted by molar-refractivity contribution is 0.889. The Morgan fingerprint density at radius 2 is 2.12 bits per heavy atom. The van der Waals surface area contributed by atoms with Crippen LogP contribution in [0.5, 0.6) is 0 Å². The summed E-state index contributed by atoms with van der Waals surface area (Å²) in [7, 11) is 0. The Morgan fingerprint density at radius 3 is 2.88 bits per heavy atom. The third-order valence-electron chi connectivity index (χ3n) is 2.58. The minimum absolute atomic E-state index is 0.637. The zero-order valence-corrected chi connectivity index (χ0v) is 8.91. The van der Waals surface area contributed by atoms with Gasteiger partial charge in [-0.05, 0) is 24.3 Å². The molecule has 17 heavy (non-hydrogen) atoms. The van der Waals surface area contributed by atoms with Gasteiger partial charge in [0.2, 0.25) is 0 Å². The topological polar surface area (TPSA) is 54.5 Å². The van der Waals surface area contributed by atoms with Crippen LogP contribution in [0.1, 0.15) is 5.56 Å². The molecule has 0 amide bonds. The smallest absolute Gasteiger partial charge is 0.0999 e. The number of aromatic nitrogens is 3. The summed E-state index contributed by atoms with van der Waals surface area (Å²) in [5, 5.41) is 14.3. The van der Waals surface area contributed by atoms with E-state index in [-0.39, 0.29) is 0 Å². The van der Waals surface area contributed by atoms with E-state index in [0.717, 1.165) is 16.6 Å². The lowest BCUT2D eigenvalue weighted by Gasteiger charge is -1.97. The molecule has 4 nitrogen and oxygen atoms in total. The second-order valence-electron chi connectivity index (χ2n) is 3.64. The van der Waals surface area contributed by atoms with Crippen molar-refractivity contribution >= 4 is 10.9 Å². The molecular weight excluding hydrogens is 212 g/mol. The summed E-state index contributed by atoms with van der Waals surface area (Å²) < 4.78 is 1.73. The average Bonchev–Trinajstić information content (AvgIpc) is 2.83. The minimum Gasteiger partial charge on any atom is -0.262 e. The Balaban J connectivity index is 2.25. The van der Waals surface area contributed by atoms with Crippen molar-refractivity contribution < 1.29 is 0 Å². The van der Waals surface area contributed by atoms with Crippen LogP contribution in [0.4, 0.5) is 0 Å². The van der Waals surface area contributed by atoms with Crippen LogP contribution in [0.15, 0.2) is 48.9 Å². The van der Waals surface area contributed by atoms with Gasteiger partial charge in [-0.2, -0.15) is 10.4 Å². The van der Waals surface area contributed by atoms with E-state index in [1.165, 1.54) is 0 Å². The molecule has 0 saturated carbocycles. The summed E-state index contributed by atoms with van der Waals surface area (Å²) >= 11 is 0. The van der Waals surface area contributed by atoms with Gasteiger partial charge in [-0.1, -0.05) is 6.07 Å². The highest BCUT2D eigenvalue weighted by Gasteiger charge is 2.05. The predicted molar refractivity (Wildman–Crippen MR) is 63.6 cm³/mol. The number of hydrogen-bond donors (Lipinski definition) is 0. The molecule has 0 atom stereocenters. The molecule has 0 aliphatic heterocycles. The lowest BCUT2D eigenvalue weighted by atomic mass is 10.1. The first kappa shape index (κ1) is 9.55. The van der Waals surface area contributed by atoms with Crippen LogP contribution in [0.2, 0.25) is 0 Å². The first-order chi connectivity index (χ1) is 8.38. The zero-order valence-electron chi connectivity index (χ0n) is 8.91. The second-order valence-corrected chi connectivity index (χ2v) is 3.64. The Labute approximate surface area is 97.8 Å². The third kappa shape index (κ3) is 1.54. The van der Waals surface area contributed by atoms with Crippen molar-refractivity contribution in [1.82, 2.24) is 14.8 Å². The maximum Gasteiger partial charge on any atom is 0.0999 e. The largest absolute Gasteiger partial charge is 0.262 e. The molecule has 0 fully saturated rings. The van der Waals surface area contributed by atoms with Crippen molar-refractivity contribution in [2.45, 2.75) is 0 Å². The Kier molecular flexibility index (Phi) is 2.09. The first-order valence-electron chi connectivity index (χ1n) is 5.17. The molecule has 3 aromatic rings. The van der Waals surface area contributed by atoms with Gasteiger partial charge < -0.3 is 0 Å². The number of rotatable bonds is 1. The minimum atomic E-state index is 0.637. The summed E-state index contributed by atoms with van der Waals surface area (Å²) in [5.74, 6) is 0. The van der Waals surface area contributed by atoms with Gasteiger partial charge in [-0.15, -0.1) is 0 Å². The van der Waals surface area contributed by atoms with E-state index in [1.807, 2.05) is 30.5 Å². The van der Waals surface area contributed by atoms with Crippen LogP contribution in [-0.4, -0.2) is 14.8 Å². The van der Waals surface area contributed by atoms with Gasteiger partial charge in [-0.3, -0.25) is 4.98 Å². The Bertz CT molecular complexity index is 707. The summed E-state index contributed by atoms with van der Waals surface area (Å²) in [6, 6.07) is 11.5. The maximum atomic E-state index is 9.02. The highest BCUT2D eigenvalue weighted by atomic mass is 15.3. The van der Waals surface area contributed by atoms with Crippen LogP contribution in [0, 0.1) is 11.3 Å². The van der Waals surface area contributed by atoms with Crippen molar-refractivity contribution in [2.24, 2.45) is 0 Å². The lowest BCUT2D eigenvalue weighted by Crippen LogP contribution is -1.93. The van der Waals surface area contributed by atoms with Gasteiger partial charge in [-0.25, -0.2) is 4.68 Å². The van der Waals surface area contributed by atoms with Crippen molar-refractivity contribution in [3.05, 3.63) is 54.5 Å². The van der Waals surface area contributed by atoms with Crippen LogP contribution in [-0.2, 0) is 0 Å². The van der Waals surface area contributed by atoms with Crippen LogP contribution < -0.4 is 0 Å². The molecule has 1 aromatic carbocycles. The van der Waals surface area contributed by atoms with Crippen LogP contribution in [0.3, 0.4) is 0 Å². The van der Waals surface area contributed by atoms with E-state index in [1.54, 1.807) is 23.1 Å². The molecule has 2 heterocycles. The molecule has 2 aromatic heterocycles. The van der Waals surface area contributed by atoms with E-state index in [9.17, 15) is 0 Å². The third-order valence-corrected chi connectivity index (χ3v) is 2.58. The second kappa shape index (κ2) is 3.72. The normalized spacial score (nSPS) is 10.3. The van der Waals surface area contributed by atoms with Gasteiger partial charge in [0.05, 0.1) is 29.0 Å². The molecule has 0 N–H and O–H groups in total. The fraction of sp³-hybridized carbons (Fsp3) is 0. The molecule has 0 bridgehead atoms. The highest BCUT2D eigenvalue weighted by molar-refractivity contribution is 5.84. The number of pyridine rings is 1. The number of hydrogen-bond acceptors (Lipinski definition) is 3. The fourth-order valence-corrected chi connectivity index (χ4v) is 1.76. The standard InChI is InChI=1S/C13H8N4/c14-7-10-3-1-5-13-12(10)9-17(16-13)11-4-2-6-15-8-11/h1-6,8-9H. The summed E-state index contributed by atoms with van der Waals surface area (Å²) in [6.07, 6.45) is 5.30. The zero-order chi connectivity index (χ0) is 11.7. The van der Waals surface area contributed by atoms with Crippen molar-refractivity contribution in [2.75, 3.05) is 0 Å². The molecule has 0 saturated heterocycles. The molecule has 0 spiro atoms. The van der Waals surface area contributed by atoms with Gasteiger partial charge >= 0.3 is 0 Å². The van der Waals surface area contributed by atoms with E-state index in [4.69, 9.17) is 5.26 Å². The van der Waals surface area contributed by atoms with Gasteiger partial charge in [0, 0.05) is 17.8 Å². The molecular formula is C13H8N4. The average molecular weight is 220 g/mol. The van der Waals surface area contributed by atoms with Crippen molar-refractivity contribution in [3.63, 3.8) is 0 Å². The van der Waals surface area contributed by atoms with Crippen LogP contribution in [0.25, 0.3) is 16.6 Å². The monoisotopic (exact) mass is 220 g/mol. The molecule has 0 aliphatic carbocycles.